The van der Waals surface area contributed by atoms with Gasteiger partial charge in [-0.15, -0.1) is 11.3 Å². The van der Waals surface area contributed by atoms with Crippen LogP contribution in [0.5, 0.6) is 0 Å². The molecule has 1 N–H and O–H groups in total. The first-order valence-electron chi connectivity index (χ1n) is 7.00. The van der Waals surface area contributed by atoms with Crippen molar-refractivity contribution in [3.63, 3.8) is 0 Å². The van der Waals surface area contributed by atoms with Gasteiger partial charge in [-0.25, -0.2) is 4.98 Å². The first kappa shape index (κ1) is 13.1. The minimum absolute atomic E-state index is 0.851. The number of likely N-dealkylation sites (N-methyl/N-ethyl adjacent to an activating group) is 1. The van der Waals surface area contributed by atoms with Crippen molar-refractivity contribution in [3.8, 4) is 0 Å². The highest BCUT2D eigenvalue weighted by atomic mass is 32.1. The maximum atomic E-state index is 4.62. The molecule has 3 rings (SSSR count). The van der Waals surface area contributed by atoms with E-state index in [4.69, 9.17) is 0 Å². The molecule has 0 aliphatic heterocycles. The number of imidazole rings is 1. The molecule has 2 aromatic heterocycles. The van der Waals surface area contributed by atoms with Gasteiger partial charge in [-0.2, -0.15) is 0 Å². The van der Waals surface area contributed by atoms with Gasteiger partial charge in [0.25, 0.3) is 0 Å². The van der Waals surface area contributed by atoms with Gasteiger partial charge in [0, 0.05) is 36.8 Å². The Morgan fingerprint density at radius 3 is 3.00 bits per heavy atom. The Morgan fingerprint density at radius 1 is 1.47 bits per heavy atom. The van der Waals surface area contributed by atoms with Crippen molar-refractivity contribution in [2.24, 2.45) is 0 Å². The summed E-state index contributed by atoms with van der Waals surface area (Å²) in [5, 5.41) is 5.73. The summed E-state index contributed by atoms with van der Waals surface area (Å²) in [7, 11) is 2.23. The zero-order valence-electron chi connectivity index (χ0n) is 11.9. The Balaban J connectivity index is 1.58. The number of rotatable bonds is 6. The summed E-state index contributed by atoms with van der Waals surface area (Å²) in [5.41, 5.74) is 3.74. The monoisotopic (exact) mass is 278 g/mol. The van der Waals surface area contributed by atoms with Crippen LogP contribution in [0, 0.1) is 13.8 Å². The Bertz CT molecular complexity index is 567. The predicted molar refractivity (Wildman–Crippen MR) is 79.9 cm³/mol. The van der Waals surface area contributed by atoms with Crippen LogP contribution in [0.3, 0.4) is 0 Å². The molecule has 0 spiro atoms. The van der Waals surface area contributed by atoms with Gasteiger partial charge in [-0.3, -0.25) is 4.40 Å². The molecule has 0 amide bonds. The van der Waals surface area contributed by atoms with E-state index in [0.717, 1.165) is 36.3 Å². The minimum Gasteiger partial charge on any atom is -0.310 e. The van der Waals surface area contributed by atoms with E-state index in [0.29, 0.717) is 0 Å². The fourth-order valence-electron chi connectivity index (χ4n) is 2.54. The zero-order chi connectivity index (χ0) is 13.4. The first-order valence-corrected chi connectivity index (χ1v) is 7.87. The second kappa shape index (κ2) is 5.23. The molecule has 19 heavy (non-hydrogen) atoms. The summed E-state index contributed by atoms with van der Waals surface area (Å²) in [6.07, 6.45) is 2.76. The molecule has 2 heterocycles. The van der Waals surface area contributed by atoms with Crippen molar-refractivity contribution in [3.05, 3.63) is 22.5 Å². The van der Waals surface area contributed by atoms with Gasteiger partial charge in [0.15, 0.2) is 4.96 Å². The van der Waals surface area contributed by atoms with E-state index >= 15 is 0 Å². The molecule has 4 nitrogen and oxygen atoms in total. The number of nitrogens with one attached hydrogen (secondary N) is 1. The number of aromatic nitrogens is 2. The number of nitrogens with zero attached hydrogens (tertiary/aromatic N) is 3. The summed E-state index contributed by atoms with van der Waals surface area (Å²) in [5.74, 6) is 0. The van der Waals surface area contributed by atoms with Crippen molar-refractivity contribution in [2.75, 3.05) is 20.1 Å². The Kier molecular flexibility index (Phi) is 3.60. The molecule has 0 bridgehead atoms. The molecule has 0 atom stereocenters. The smallest absolute Gasteiger partial charge is 0.194 e. The van der Waals surface area contributed by atoms with Crippen LogP contribution in [0.4, 0.5) is 0 Å². The Hall–Kier alpha value is -0.910. The highest BCUT2D eigenvalue weighted by Gasteiger charge is 2.25. The van der Waals surface area contributed by atoms with Crippen LogP contribution in [0.2, 0.25) is 0 Å². The van der Waals surface area contributed by atoms with Crippen LogP contribution in [0.25, 0.3) is 4.96 Å². The van der Waals surface area contributed by atoms with Crippen molar-refractivity contribution in [2.45, 2.75) is 39.3 Å². The van der Waals surface area contributed by atoms with E-state index in [2.05, 4.69) is 45.9 Å². The molecule has 1 aliphatic rings. The third kappa shape index (κ3) is 2.68. The van der Waals surface area contributed by atoms with Crippen LogP contribution < -0.4 is 5.32 Å². The molecule has 1 aliphatic carbocycles. The highest BCUT2D eigenvalue weighted by molar-refractivity contribution is 7.15. The van der Waals surface area contributed by atoms with Gasteiger partial charge in [-0.05, 0) is 33.7 Å². The fourth-order valence-corrected chi connectivity index (χ4v) is 3.47. The zero-order valence-corrected chi connectivity index (χ0v) is 12.8. The summed E-state index contributed by atoms with van der Waals surface area (Å²) < 4.78 is 2.28. The molecule has 1 saturated carbocycles. The minimum atomic E-state index is 0.851. The molecule has 1 fully saturated rings. The number of hydrogen-bond acceptors (Lipinski definition) is 4. The number of aryl methyl sites for hydroxylation is 2. The van der Waals surface area contributed by atoms with Gasteiger partial charge >= 0.3 is 0 Å². The SMILES string of the molecule is Cc1nc2scc(C)n2c1CNCCN(C)C1CC1. The molecule has 0 aromatic carbocycles. The fraction of sp³-hybridized carbons (Fsp3) is 0.643. The van der Waals surface area contributed by atoms with E-state index < -0.39 is 0 Å². The van der Waals surface area contributed by atoms with E-state index in [1.165, 1.54) is 24.2 Å². The van der Waals surface area contributed by atoms with Crippen molar-refractivity contribution >= 4 is 16.3 Å². The molecule has 104 valence electrons. The molecule has 0 saturated heterocycles. The van der Waals surface area contributed by atoms with Gasteiger partial charge in [0.05, 0.1) is 11.4 Å². The maximum Gasteiger partial charge on any atom is 0.194 e. The quantitative estimate of drug-likeness (QED) is 0.822. The summed E-state index contributed by atoms with van der Waals surface area (Å²) in [4.78, 5) is 8.19. The Labute approximate surface area is 118 Å². The molecule has 5 heteroatoms. The lowest BCUT2D eigenvalue weighted by Gasteiger charge is -2.15. The first-order chi connectivity index (χ1) is 9.16. The molecular formula is C14H22N4S. The summed E-state index contributed by atoms with van der Waals surface area (Å²) >= 11 is 1.72. The summed E-state index contributed by atoms with van der Waals surface area (Å²) in [6.45, 7) is 7.34. The standard InChI is InChI=1S/C14H22N4S/c1-10-9-19-14-16-11(2)13(18(10)14)8-15-6-7-17(3)12-4-5-12/h9,12,15H,4-8H2,1-3H3. The average Bonchev–Trinajstić information content (AvgIpc) is 3.11. The second-order valence-corrected chi connectivity index (χ2v) is 6.36. The molecule has 0 radical (unpaired) electrons. The van der Waals surface area contributed by atoms with Gasteiger partial charge < -0.3 is 10.2 Å². The largest absolute Gasteiger partial charge is 0.310 e. The molecular weight excluding hydrogens is 256 g/mol. The lowest BCUT2D eigenvalue weighted by molar-refractivity contribution is 0.321. The summed E-state index contributed by atoms with van der Waals surface area (Å²) in [6, 6.07) is 0.851. The van der Waals surface area contributed by atoms with Crippen LogP contribution in [0.15, 0.2) is 5.38 Å². The third-order valence-electron chi connectivity index (χ3n) is 3.93. The topological polar surface area (TPSA) is 32.6 Å². The van der Waals surface area contributed by atoms with Gasteiger partial charge in [-0.1, -0.05) is 0 Å². The Morgan fingerprint density at radius 2 is 2.26 bits per heavy atom. The van der Waals surface area contributed by atoms with Crippen molar-refractivity contribution < 1.29 is 0 Å². The number of hydrogen-bond donors (Lipinski definition) is 1. The highest BCUT2D eigenvalue weighted by Crippen LogP contribution is 2.24. The van der Waals surface area contributed by atoms with Crippen molar-refractivity contribution in [1.82, 2.24) is 19.6 Å². The van der Waals surface area contributed by atoms with E-state index in [-0.39, 0.29) is 0 Å². The maximum absolute atomic E-state index is 4.62. The molecule has 0 unspecified atom stereocenters. The van der Waals surface area contributed by atoms with Crippen LogP contribution in [0.1, 0.15) is 29.9 Å². The van der Waals surface area contributed by atoms with Crippen LogP contribution in [-0.2, 0) is 6.54 Å². The van der Waals surface area contributed by atoms with Crippen molar-refractivity contribution in [1.29, 1.82) is 0 Å². The van der Waals surface area contributed by atoms with E-state index in [1.54, 1.807) is 11.3 Å². The van der Waals surface area contributed by atoms with E-state index in [1.807, 2.05) is 0 Å². The van der Waals surface area contributed by atoms with Crippen LogP contribution in [-0.4, -0.2) is 40.5 Å². The average molecular weight is 278 g/mol. The van der Waals surface area contributed by atoms with E-state index in [9.17, 15) is 0 Å². The second-order valence-electron chi connectivity index (χ2n) is 5.53. The number of fused-ring (bicyclic) bond motifs is 1. The lowest BCUT2D eigenvalue weighted by Crippen LogP contribution is -2.30. The number of thiazole rings is 1. The molecule has 2 aromatic rings. The lowest BCUT2D eigenvalue weighted by atomic mass is 10.3. The van der Waals surface area contributed by atoms with Crippen LogP contribution >= 0.6 is 11.3 Å². The van der Waals surface area contributed by atoms with Gasteiger partial charge in [0.2, 0.25) is 0 Å². The van der Waals surface area contributed by atoms with Gasteiger partial charge in [0.1, 0.15) is 0 Å². The normalized spacial score (nSPS) is 15.8. The third-order valence-corrected chi connectivity index (χ3v) is 4.88. The predicted octanol–water partition coefficient (Wildman–Crippen LogP) is 2.20.